The Morgan fingerprint density at radius 2 is 1.40 bits per heavy atom. The molecule has 0 saturated heterocycles. The average molecular weight is 279 g/mol. The molecule has 0 aliphatic heterocycles. The van der Waals surface area contributed by atoms with E-state index in [1.54, 1.807) is 5.56 Å². The molecule has 0 unspecified atom stereocenters. The Bertz CT molecular complexity index is 309. The van der Waals surface area contributed by atoms with Crippen molar-refractivity contribution in [3.8, 4) is 0 Å². The number of hydrogen-bond acceptors (Lipinski definition) is 0. The molecule has 118 valence electrons. The van der Waals surface area contributed by atoms with Crippen molar-refractivity contribution in [3.05, 3.63) is 35.4 Å². The van der Waals surface area contributed by atoms with Gasteiger partial charge in [0, 0.05) is 0 Å². The van der Waals surface area contributed by atoms with Crippen LogP contribution in [-0.4, -0.2) is 0 Å². The van der Waals surface area contributed by atoms with Gasteiger partial charge in [-0.3, -0.25) is 0 Å². The van der Waals surface area contributed by atoms with Crippen molar-refractivity contribution in [2.75, 3.05) is 0 Å². The lowest BCUT2D eigenvalue weighted by Crippen LogP contribution is -1.95. The Balaban J connectivity index is 0. The maximum absolute atomic E-state index is 2.27. The largest absolute Gasteiger partial charge is 0.0683 e. The van der Waals surface area contributed by atoms with Crippen LogP contribution >= 0.6 is 0 Å². The van der Waals surface area contributed by atoms with E-state index in [1.807, 2.05) is 13.8 Å². The van der Waals surface area contributed by atoms with Gasteiger partial charge < -0.3 is 0 Å². The van der Waals surface area contributed by atoms with Gasteiger partial charge in [0.25, 0.3) is 0 Å². The predicted molar refractivity (Wildman–Crippen MR) is 95.6 cm³/mol. The van der Waals surface area contributed by atoms with Gasteiger partial charge in [0.15, 0.2) is 0 Å². The third-order valence-electron chi connectivity index (χ3n) is 2.48. The molecule has 0 bridgehead atoms. The van der Waals surface area contributed by atoms with E-state index in [0.29, 0.717) is 11.3 Å². The van der Waals surface area contributed by atoms with E-state index >= 15 is 0 Å². The Kier molecular flexibility index (Phi) is 12.9. The third-order valence-corrected chi connectivity index (χ3v) is 2.48. The van der Waals surface area contributed by atoms with Crippen molar-refractivity contribution in [3.63, 3.8) is 0 Å². The van der Waals surface area contributed by atoms with Gasteiger partial charge in [0.1, 0.15) is 0 Å². The molecule has 1 rings (SSSR count). The monoisotopic (exact) mass is 278 g/mol. The zero-order valence-electron chi connectivity index (χ0n) is 15.5. The quantitative estimate of drug-likeness (QED) is 0.545. The second-order valence-electron chi connectivity index (χ2n) is 6.96. The van der Waals surface area contributed by atoms with Crippen molar-refractivity contribution in [1.82, 2.24) is 0 Å². The van der Waals surface area contributed by atoms with Gasteiger partial charge in [-0.15, -0.1) is 0 Å². The van der Waals surface area contributed by atoms with E-state index in [0.717, 1.165) is 0 Å². The van der Waals surface area contributed by atoms with Crippen molar-refractivity contribution in [2.24, 2.45) is 5.41 Å². The molecule has 0 heteroatoms. The third kappa shape index (κ3) is 13.6. The van der Waals surface area contributed by atoms with Crippen LogP contribution in [0.3, 0.4) is 0 Å². The SMILES string of the molecule is CC.CC(C)(C)C.CCCCc1ccccc1C(C)C. The molecule has 0 spiro atoms. The Morgan fingerprint density at radius 3 is 1.80 bits per heavy atom. The fourth-order valence-electron chi connectivity index (χ4n) is 1.69. The molecular weight excluding hydrogens is 240 g/mol. The lowest BCUT2D eigenvalue weighted by Gasteiger charge is -2.11. The molecule has 0 amide bonds. The number of benzene rings is 1. The van der Waals surface area contributed by atoms with Crippen molar-refractivity contribution in [2.45, 2.75) is 87.5 Å². The first-order valence-electron chi connectivity index (χ1n) is 8.33. The maximum atomic E-state index is 2.27. The van der Waals surface area contributed by atoms with Gasteiger partial charge in [-0.2, -0.15) is 0 Å². The summed E-state index contributed by atoms with van der Waals surface area (Å²) in [6.45, 7) is 19.5. The highest BCUT2D eigenvalue weighted by Crippen LogP contribution is 2.20. The fraction of sp³-hybridized carbons (Fsp3) is 0.700. The Hall–Kier alpha value is -0.780. The molecule has 0 aliphatic rings. The van der Waals surface area contributed by atoms with E-state index in [-0.39, 0.29) is 0 Å². The first kappa shape index (κ1) is 21.5. The molecule has 0 heterocycles. The summed E-state index contributed by atoms with van der Waals surface area (Å²) in [6.07, 6.45) is 3.83. The second-order valence-corrected chi connectivity index (χ2v) is 6.96. The normalized spacial score (nSPS) is 10.3. The topological polar surface area (TPSA) is 0 Å². The summed E-state index contributed by atoms with van der Waals surface area (Å²) in [7, 11) is 0. The minimum absolute atomic E-state index is 0.500. The van der Waals surface area contributed by atoms with Gasteiger partial charge in [-0.05, 0) is 35.3 Å². The summed E-state index contributed by atoms with van der Waals surface area (Å²) in [6, 6.07) is 8.82. The van der Waals surface area contributed by atoms with Crippen molar-refractivity contribution in [1.29, 1.82) is 0 Å². The first-order valence-corrected chi connectivity index (χ1v) is 8.33. The van der Waals surface area contributed by atoms with Gasteiger partial charge in [0.05, 0.1) is 0 Å². The molecule has 1 aromatic carbocycles. The fourth-order valence-corrected chi connectivity index (χ4v) is 1.69. The summed E-state index contributed by atoms with van der Waals surface area (Å²) in [4.78, 5) is 0. The molecule has 20 heavy (non-hydrogen) atoms. The lowest BCUT2D eigenvalue weighted by atomic mass is 9.94. The molecule has 0 saturated carbocycles. The van der Waals surface area contributed by atoms with Crippen LogP contribution in [0.4, 0.5) is 0 Å². The molecule has 0 nitrogen and oxygen atoms in total. The van der Waals surface area contributed by atoms with Crippen LogP contribution in [0.5, 0.6) is 0 Å². The van der Waals surface area contributed by atoms with Crippen molar-refractivity contribution >= 4 is 0 Å². The highest BCUT2D eigenvalue weighted by Gasteiger charge is 2.04. The van der Waals surface area contributed by atoms with E-state index in [2.05, 4.69) is 72.7 Å². The summed E-state index contributed by atoms with van der Waals surface area (Å²) in [5.74, 6) is 0.660. The molecule has 0 atom stereocenters. The molecular formula is C20H38. The smallest absolute Gasteiger partial charge is 0.0216 e. The van der Waals surface area contributed by atoms with E-state index < -0.39 is 0 Å². The first-order chi connectivity index (χ1) is 9.25. The predicted octanol–water partition coefficient (Wildman–Crippen LogP) is 7.23. The minimum Gasteiger partial charge on any atom is -0.0683 e. The number of rotatable bonds is 4. The molecule has 0 radical (unpaired) electrons. The molecule has 0 aliphatic carbocycles. The lowest BCUT2D eigenvalue weighted by molar-refractivity contribution is 0.469. The summed E-state index contributed by atoms with van der Waals surface area (Å²) < 4.78 is 0. The van der Waals surface area contributed by atoms with E-state index in [1.165, 1.54) is 24.8 Å². The summed E-state index contributed by atoms with van der Waals surface area (Å²) in [5.41, 5.74) is 3.57. The van der Waals surface area contributed by atoms with Crippen LogP contribution in [0, 0.1) is 5.41 Å². The summed E-state index contributed by atoms with van der Waals surface area (Å²) in [5, 5.41) is 0. The number of aryl methyl sites for hydroxylation is 1. The Morgan fingerprint density at radius 1 is 0.950 bits per heavy atom. The zero-order chi connectivity index (χ0) is 16.2. The average Bonchev–Trinajstić information content (AvgIpc) is 2.37. The van der Waals surface area contributed by atoms with Gasteiger partial charge in [-0.25, -0.2) is 0 Å². The van der Waals surface area contributed by atoms with Crippen LogP contribution in [0.15, 0.2) is 24.3 Å². The molecule has 0 fully saturated rings. The van der Waals surface area contributed by atoms with Crippen LogP contribution < -0.4 is 0 Å². The highest BCUT2D eigenvalue weighted by atomic mass is 14.1. The van der Waals surface area contributed by atoms with Crippen LogP contribution in [0.2, 0.25) is 0 Å². The Labute approximate surface area is 129 Å². The van der Waals surface area contributed by atoms with Gasteiger partial charge in [-0.1, -0.05) is 93.0 Å². The standard InChI is InChI=1S/C13H20.C5H12.C2H6/c1-4-5-8-12-9-6-7-10-13(12)11(2)3;1-5(2,3)4;1-2/h6-7,9-11H,4-5,8H2,1-3H3;1-4H3;1-2H3. The van der Waals surface area contributed by atoms with Crippen LogP contribution in [0.1, 0.15) is 92.2 Å². The van der Waals surface area contributed by atoms with E-state index in [9.17, 15) is 0 Å². The maximum Gasteiger partial charge on any atom is -0.0216 e. The second kappa shape index (κ2) is 12.0. The van der Waals surface area contributed by atoms with Crippen LogP contribution in [0.25, 0.3) is 0 Å². The number of hydrogen-bond donors (Lipinski definition) is 0. The van der Waals surface area contributed by atoms with Gasteiger partial charge in [0.2, 0.25) is 0 Å². The molecule has 0 N–H and O–H groups in total. The van der Waals surface area contributed by atoms with Crippen LogP contribution in [-0.2, 0) is 6.42 Å². The highest BCUT2D eigenvalue weighted by molar-refractivity contribution is 5.29. The summed E-state index contributed by atoms with van der Waals surface area (Å²) >= 11 is 0. The molecule has 1 aromatic rings. The van der Waals surface area contributed by atoms with Crippen molar-refractivity contribution < 1.29 is 0 Å². The van der Waals surface area contributed by atoms with Gasteiger partial charge >= 0.3 is 0 Å². The number of unbranched alkanes of at least 4 members (excludes halogenated alkanes) is 1. The molecule has 0 aromatic heterocycles. The zero-order valence-corrected chi connectivity index (χ0v) is 15.5. The van der Waals surface area contributed by atoms with E-state index in [4.69, 9.17) is 0 Å². The minimum atomic E-state index is 0.500.